The number of hydrogen-bond donors (Lipinski definition) is 1. The van der Waals surface area contributed by atoms with Crippen molar-refractivity contribution in [1.29, 1.82) is 0 Å². The van der Waals surface area contributed by atoms with Crippen molar-refractivity contribution >= 4 is 17.0 Å². The van der Waals surface area contributed by atoms with Gasteiger partial charge in [0.15, 0.2) is 0 Å². The van der Waals surface area contributed by atoms with Crippen LogP contribution in [0.5, 0.6) is 0 Å². The molecule has 0 fully saturated rings. The first-order valence-corrected chi connectivity index (χ1v) is 6.61. The predicted molar refractivity (Wildman–Crippen MR) is 77.2 cm³/mol. The van der Waals surface area contributed by atoms with E-state index in [1.165, 1.54) is 0 Å². The number of para-hydroxylation sites is 1. The molecule has 102 valence electrons. The van der Waals surface area contributed by atoms with E-state index in [2.05, 4.69) is 32.5 Å². The molecule has 3 aromatic rings. The second-order valence-corrected chi connectivity index (χ2v) is 4.61. The molecule has 0 saturated heterocycles. The van der Waals surface area contributed by atoms with Crippen LogP contribution in [-0.4, -0.2) is 25.0 Å². The van der Waals surface area contributed by atoms with Gasteiger partial charge in [-0.25, -0.2) is 4.98 Å². The van der Waals surface area contributed by atoms with E-state index >= 15 is 0 Å². The highest BCUT2D eigenvalue weighted by atomic mass is 15.3. The van der Waals surface area contributed by atoms with Gasteiger partial charge in [-0.15, -0.1) is 10.2 Å². The highest BCUT2D eigenvalue weighted by molar-refractivity contribution is 5.74. The highest BCUT2D eigenvalue weighted by Crippen LogP contribution is 2.11. The van der Waals surface area contributed by atoms with E-state index < -0.39 is 0 Å². The summed E-state index contributed by atoms with van der Waals surface area (Å²) < 4.78 is 1.83. The molecule has 0 atom stereocenters. The van der Waals surface area contributed by atoms with Gasteiger partial charge in [-0.3, -0.25) is 4.68 Å². The summed E-state index contributed by atoms with van der Waals surface area (Å²) in [7, 11) is 1.93. The standard InChI is InChI=1S/C14H16N6/c1-3-11-10(9-20(2)19-11)8-15-14-16-12-6-4-5-7-13(12)17-18-14/h4-7,9H,3,8H2,1-2H3,(H,15,16,18). The van der Waals surface area contributed by atoms with Crippen molar-refractivity contribution in [3.63, 3.8) is 0 Å². The van der Waals surface area contributed by atoms with Gasteiger partial charge in [0, 0.05) is 25.4 Å². The molecule has 0 saturated carbocycles. The van der Waals surface area contributed by atoms with E-state index in [0.717, 1.165) is 28.7 Å². The zero-order valence-corrected chi connectivity index (χ0v) is 11.5. The van der Waals surface area contributed by atoms with Crippen LogP contribution in [0.1, 0.15) is 18.2 Å². The topological polar surface area (TPSA) is 68.5 Å². The molecule has 0 unspecified atom stereocenters. The van der Waals surface area contributed by atoms with Crippen LogP contribution in [-0.2, 0) is 20.0 Å². The van der Waals surface area contributed by atoms with Crippen LogP contribution in [0.2, 0.25) is 0 Å². The molecule has 1 N–H and O–H groups in total. The molecule has 3 rings (SSSR count). The normalized spacial score (nSPS) is 10.9. The summed E-state index contributed by atoms with van der Waals surface area (Å²) in [5.74, 6) is 0.537. The zero-order valence-electron chi connectivity index (χ0n) is 11.5. The number of aryl methyl sites for hydroxylation is 2. The second-order valence-electron chi connectivity index (χ2n) is 4.61. The Bertz CT molecular complexity index is 733. The number of benzene rings is 1. The molecule has 0 amide bonds. The predicted octanol–water partition coefficient (Wildman–Crippen LogP) is 1.93. The molecule has 20 heavy (non-hydrogen) atoms. The lowest BCUT2D eigenvalue weighted by atomic mass is 10.2. The number of anilines is 1. The lowest BCUT2D eigenvalue weighted by Crippen LogP contribution is -2.05. The SMILES string of the molecule is CCc1nn(C)cc1CNc1nnc2ccccc2n1. The van der Waals surface area contributed by atoms with Gasteiger partial charge in [-0.1, -0.05) is 19.1 Å². The van der Waals surface area contributed by atoms with Crippen LogP contribution in [0.4, 0.5) is 5.95 Å². The van der Waals surface area contributed by atoms with Crippen molar-refractivity contribution in [1.82, 2.24) is 25.0 Å². The molecule has 2 aromatic heterocycles. The number of fused-ring (bicyclic) bond motifs is 1. The molecule has 1 aromatic carbocycles. The van der Waals surface area contributed by atoms with E-state index in [4.69, 9.17) is 0 Å². The fourth-order valence-corrected chi connectivity index (χ4v) is 2.16. The van der Waals surface area contributed by atoms with E-state index in [0.29, 0.717) is 12.5 Å². The molecule has 2 heterocycles. The first kappa shape index (κ1) is 12.5. The quantitative estimate of drug-likeness (QED) is 0.783. The summed E-state index contributed by atoms with van der Waals surface area (Å²) in [6, 6.07) is 7.69. The third kappa shape index (κ3) is 2.45. The summed E-state index contributed by atoms with van der Waals surface area (Å²) in [4.78, 5) is 4.44. The summed E-state index contributed by atoms with van der Waals surface area (Å²) in [6.07, 6.45) is 2.93. The van der Waals surface area contributed by atoms with Gasteiger partial charge in [0.25, 0.3) is 0 Å². The van der Waals surface area contributed by atoms with Crippen molar-refractivity contribution in [2.75, 3.05) is 5.32 Å². The third-order valence-electron chi connectivity index (χ3n) is 3.12. The minimum absolute atomic E-state index is 0.537. The van der Waals surface area contributed by atoms with Gasteiger partial charge in [0.05, 0.1) is 11.2 Å². The fraction of sp³-hybridized carbons (Fsp3) is 0.286. The Kier molecular flexibility index (Phi) is 3.28. The number of nitrogens with zero attached hydrogens (tertiary/aromatic N) is 5. The van der Waals surface area contributed by atoms with E-state index in [9.17, 15) is 0 Å². The Morgan fingerprint density at radius 1 is 1.15 bits per heavy atom. The van der Waals surface area contributed by atoms with Gasteiger partial charge in [-0.05, 0) is 18.6 Å². The van der Waals surface area contributed by atoms with Crippen LogP contribution >= 0.6 is 0 Å². The van der Waals surface area contributed by atoms with Crippen molar-refractivity contribution in [3.8, 4) is 0 Å². The lowest BCUT2D eigenvalue weighted by Gasteiger charge is -2.04. The molecular formula is C14H16N6. The molecule has 0 aliphatic rings. The first-order chi connectivity index (χ1) is 9.76. The molecule has 0 bridgehead atoms. The fourth-order valence-electron chi connectivity index (χ4n) is 2.16. The highest BCUT2D eigenvalue weighted by Gasteiger charge is 2.07. The summed E-state index contributed by atoms with van der Waals surface area (Å²) >= 11 is 0. The van der Waals surface area contributed by atoms with E-state index in [1.54, 1.807) is 0 Å². The maximum atomic E-state index is 4.44. The van der Waals surface area contributed by atoms with Gasteiger partial charge in [0.1, 0.15) is 5.52 Å². The number of rotatable bonds is 4. The van der Waals surface area contributed by atoms with E-state index in [1.807, 2.05) is 42.2 Å². The van der Waals surface area contributed by atoms with Crippen molar-refractivity contribution in [3.05, 3.63) is 41.7 Å². The Hall–Kier alpha value is -2.50. The molecular weight excluding hydrogens is 252 g/mol. The molecule has 0 aliphatic heterocycles. The molecule has 6 nitrogen and oxygen atoms in total. The Labute approximate surface area is 116 Å². The third-order valence-corrected chi connectivity index (χ3v) is 3.12. The van der Waals surface area contributed by atoms with Crippen LogP contribution < -0.4 is 5.32 Å². The maximum Gasteiger partial charge on any atom is 0.243 e. The zero-order chi connectivity index (χ0) is 13.9. The van der Waals surface area contributed by atoms with Crippen molar-refractivity contribution in [2.45, 2.75) is 19.9 Å². The molecule has 6 heteroatoms. The number of aromatic nitrogens is 5. The van der Waals surface area contributed by atoms with Gasteiger partial charge in [-0.2, -0.15) is 5.10 Å². The average molecular weight is 268 g/mol. The summed E-state index contributed by atoms with van der Waals surface area (Å²) in [5, 5.41) is 15.8. The molecule has 0 spiro atoms. The van der Waals surface area contributed by atoms with Gasteiger partial charge in [0.2, 0.25) is 5.95 Å². The van der Waals surface area contributed by atoms with Crippen molar-refractivity contribution in [2.24, 2.45) is 7.05 Å². The van der Waals surface area contributed by atoms with Gasteiger partial charge < -0.3 is 5.32 Å². The molecule has 0 radical (unpaired) electrons. The van der Waals surface area contributed by atoms with Crippen LogP contribution in [0.3, 0.4) is 0 Å². The monoisotopic (exact) mass is 268 g/mol. The second kappa shape index (κ2) is 5.24. The van der Waals surface area contributed by atoms with Crippen molar-refractivity contribution < 1.29 is 0 Å². The van der Waals surface area contributed by atoms with Crippen LogP contribution in [0, 0.1) is 0 Å². The molecule has 0 aliphatic carbocycles. The minimum atomic E-state index is 0.537. The lowest BCUT2D eigenvalue weighted by molar-refractivity contribution is 0.746. The minimum Gasteiger partial charge on any atom is -0.349 e. The Morgan fingerprint density at radius 2 is 1.95 bits per heavy atom. The number of hydrogen-bond acceptors (Lipinski definition) is 5. The average Bonchev–Trinajstić information content (AvgIpc) is 2.85. The van der Waals surface area contributed by atoms with Crippen LogP contribution in [0.15, 0.2) is 30.5 Å². The van der Waals surface area contributed by atoms with E-state index in [-0.39, 0.29) is 0 Å². The van der Waals surface area contributed by atoms with Gasteiger partial charge >= 0.3 is 0 Å². The smallest absolute Gasteiger partial charge is 0.243 e. The summed E-state index contributed by atoms with van der Waals surface area (Å²) in [6.45, 7) is 2.75. The first-order valence-electron chi connectivity index (χ1n) is 6.61. The number of nitrogens with one attached hydrogen (secondary N) is 1. The summed E-state index contributed by atoms with van der Waals surface area (Å²) in [5.41, 5.74) is 3.89. The Morgan fingerprint density at radius 3 is 2.75 bits per heavy atom. The maximum absolute atomic E-state index is 4.44. The Balaban J connectivity index is 1.79. The van der Waals surface area contributed by atoms with Crippen LogP contribution in [0.25, 0.3) is 11.0 Å². The largest absolute Gasteiger partial charge is 0.349 e.